The zero-order valence-electron chi connectivity index (χ0n) is 17.9. The maximum Gasteiger partial charge on any atom is 0.193 e. The summed E-state index contributed by atoms with van der Waals surface area (Å²) < 4.78 is 8.19. The van der Waals surface area contributed by atoms with Crippen LogP contribution in [-0.2, 0) is 13.1 Å². The highest BCUT2D eigenvalue weighted by atomic mass is 127. The lowest BCUT2D eigenvalue weighted by atomic mass is 10.1. The molecule has 7 heteroatoms. The number of nitrogens with zero attached hydrogens (tertiary/aromatic N) is 4. The minimum atomic E-state index is 0. The monoisotopic (exact) mass is 531 g/mol. The summed E-state index contributed by atoms with van der Waals surface area (Å²) in [7, 11) is 1.85. The van der Waals surface area contributed by atoms with Crippen LogP contribution in [0.3, 0.4) is 0 Å². The van der Waals surface area contributed by atoms with Gasteiger partial charge in [0.05, 0.1) is 6.33 Å². The van der Waals surface area contributed by atoms with Crippen LogP contribution in [0.1, 0.15) is 24.0 Å². The van der Waals surface area contributed by atoms with E-state index in [0.717, 1.165) is 50.7 Å². The fourth-order valence-corrected chi connectivity index (χ4v) is 3.82. The van der Waals surface area contributed by atoms with Gasteiger partial charge in [-0.3, -0.25) is 4.99 Å². The number of halogens is 1. The van der Waals surface area contributed by atoms with Gasteiger partial charge < -0.3 is 19.5 Å². The third kappa shape index (κ3) is 6.72. The highest BCUT2D eigenvalue weighted by molar-refractivity contribution is 14.0. The van der Waals surface area contributed by atoms with Crippen LogP contribution in [0.25, 0.3) is 0 Å². The summed E-state index contributed by atoms with van der Waals surface area (Å²) in [5, 5.41) is 3.52. The molecular weight excluding hydrogens is 501 g/mol. The van der Waals surface area contributed by atoms with E-state index in [-0.39, 0.29) is 30.1 Å². The number of imidazole rings is 1. The van der Waals surface area contributed by atoms with Crippen molar-refractivity contribution in [1.82, 2.24) is 19.8 Å². The summed E-state index contributed by atoms with van der Waals surface area (Å²) in [6, 6.07) is 18.7. The molecule has 1 aliphatic rings. The van der Waals surface area contributed by atoms with Gasteiger partial charge in [0.15, 0.2) is 5.96 Å². The number of aliphatic imine (C=N–C) groups is 1. The van der Waals surface area contributed by atoms with E-state index in [9.17, 15) is 0 Å². The maximum atomic E-state index is 6.11. The summed E-state index contributed by atoms with van der Waals surface area (Å²) in [6.07, 6.45) is 7.90. The highest BCUT2D eigenvalue weighted by Gasteiger charge is 2.22. The lowest BCUT2D eigenvalue weighted by Gasteiger charge is -2.34. The van der Waals surface area contributed by atoms with E-state index >= 15 is 0 Å². The predicted molar refractivity (Wildman–Crippen MR) is 135 cm³/mol. The number of aromatic nitrogens is 2. The van der Waals surface area contributed by atoms with E-state index in [4.69, 9.17) is 4.74 Å². The maximum absolute atomic E-state index is 6.11. The average molecular weight is 531 g/mol. The van der Waals surface area contributed by atoms with E-state index in [1.54, 1.807) is 0 Å². The largest absolute Gasteiger partial charge is 0.490 e. The molecule has 0 aliphatic carbocycles. The molecule has 4 rings (SSSR count). The van der Waals surface area contributed by atoms with Crippen LogP contribution in [0.2, 0.25) is 0 Å². The number of para-hydroxylation sites is 1. The van der Waals surface area contributed by atoms with Crippen molar-refractivity contribution in [2.24, 2.45) is 4.99 Å². The van der Waals surface area contributed by atoms with Crippen LogP contribution in [0.15, 0.2) is 78.3 Å². The number of guanidine groups is 1. The molecule has 0 bridgehead atoms. The quantitative estimate of drug-likeness (QED) is 0.295. The Morgan fingerprint density at radius 2 is 1.87 bits per heavy atom. The fourth-order valence-electron chi connectivity index (χ4n) is 3.82. The van der Waals surface area contributed by atoms with Crippen LogP contribution >= 0.6 is 24.0 Å². The number of hydrogen-bond acceptors (Lipinski definition) is 3. The summed E-state index contributed by atoms with van der Waals surface area (Å²) in [4.78, 5) is 10.9. The zero-order valence-corrected chi connectivity index (χ0v) is 20.2. The lowest BCUT2D eigenvalue weighted by molar-refractivity contribution is 0.129. The van der Waals surface area contributed by atoms with E-state index in [1.807, 2.05) is 56.1 Å². The smallest absolute Gasteiger partial charge is 0.193 e. The summed E-state index contributed by atoms with van der Waals surface area (Å²) in [5.74, 6) is 1.90. The molecule has 31 heavy (non-hydrogen) atoms. The standard InChI is InChI=1S/C24H29N5O.HI/c1-25-24(29-13-10-23(11-14-29)30-22-8-3-2-4-9-22)27-17-20-6-5-7-21(16-20)18-28-15-12-26-19-28;/h2-9,12,15-16,19,23H,10-11,13-14,17-18H2,1H3,(H,25,27);1H. The predicted octanol–water partition coefficient (Wildman–Crippen LogP) is 4.17. The number of hydrogen-bond donors (Lipinski definition) is 1. The van der Waals surface area contributed by atoms with E-state index in [1.165, 1.54) is 11.1 Å². The Morgan fingerprint density at radius 3 is 2.58 bits per heavy atom. The molecular formula is C24H30IN5O. The molecule has 1 aliphatic heterocycles. The van der Waals surface area contributed by atoms with Gasteiger partial charge in [-0.25, -0.2) is 4.98 Å². The molecule has 0 radical (unpaired) electrons. The highest BCUT2D eigenvalue weighted by Crippen LogP contribution is 2.18. The number of piperidine rings is 1. The van der Waals surface area contributed by atoms with Crippen molar-refractivity contribution in [3.63, 3.8) is 0 Å². The molecule has 6 nitrogen and oxygen atoms in total. The number of likely N-dealkylation sites (tertiary alicyclic amines) is 1. The molecule has 164 valence electrons. The fraction of sp³-hybridized carbons (Fsp3) is 0.333. The van der Waals surface area contributed by atoms with E-state index in [0.29, 0.717) is 0 Å². The molecule has 1 N–H and O–H groups in total. The SMILES string of the molecule is CN=C(NCc1cccc(Cn2ccnc2)c1)N1CCC(Oc2ccccc2)CC1.I. The third-order valence-electron chi connectivity index (χ3n) is 5.37. The minimum absolute atomic E-state index is 0. The van der Waals surface area contributed by atoms with Crippen LogP contribution in [0, 0.1) is 0 Å². The van der Waals surface area contributed by atoms with Crippen molar-refractivity contribution in [3.8, 4) is 5.75 Å². The van der Waals surface area contributed by atoms with Crippen molar-refractivity contribution in [2.45, 2.75) is 32.0 Å². The van der Waals surface area contributed by atoms with Crippen LogP contribution in [-0.4, -0.2) is 46.7 Å². The molecule has 1 aromatic heterocycles. The van der Waals surface area contributed by atoms with Gasteiger partial charge in [0.1, 0.15) is 11.9 Å². The molecule has 2 aromatic carbocycles. The van der Waals surface area contributed by atoms with Crippen molar-refractivity contribution in [2.75, 3.05) is 20.1 Å². The Labute approximate surface area is 201 Å². The first-order valence-corrected chi connectivity index (χ1v) is 10.5. The Bertz CT molecular complexity index is 938. The number of benzene rings is 2. The second kappa shape index (κ2) is 11.7. The molecule has 0 saturated carbocycles. The van der Waals surface area contributed by atoms with Crippen LogP contribution in [0.5, 0.6) is 5.75 Å². The Morgan fingerprint density at radius 1 is 1.10 bits per heavy atom. The first-order valence-electron chi connectivity index (χ1n) is 10.5. The lowest BCUT2D eigenvalue weighted by Crippen LogP contribution is -2.47. The van der Waals surface area contributed by atoms with E-state index < -0.39 is 0 Å². The minimum Gasteiger partial charge on any atom is -0.490 e. The van der Waals surface area contributed by atoms with Gasteiger partial charge in [0, 0.05) is 58.5 Å². The number of ether oxygens (including phenoxy) is 1. The van der Waals surface area contributed by atoms with Crippen LogP contribution < -0.4 is 10.1 Å². The number of rotatable bonds is 6. The van der Waals surface area contributed by atoms with Gasteiger partial charge in [0.2, 0.25) is 0 Å². The molecule has 1 saturated heterocycles. The molecule has 2 heterocycles. The Balaban J connectivity index is 0.00000272. The van der Waals surface area contributed by atoms with Crippen molar-refractivity contribution in [3.05, 3.63) is 84.4 Å². The van der Waals surface area contributed by atoms with Gasteiger partial charge >= 0.3 is 0 Å². The average Bonchev–Trinajstić information content (AvgIpc) is 3.29. The first-order chi connectivity index (χ1) is 14.8. The molecule has 0 amide bonds. The van der Waals surface area contributed by atoms with Crippen LogP contribution in [0.4, 0.5) is 0 Å². The molecule has 0 unspecified atom stereocenters. The molecule has 1 fully saturated rings. The number of nitrogens with one attached hydrogen (secondary N) is 1. The summed E-state index contributed by atoms with van der Waals surface area (Å²) in [5.41, 5.74) is 2.51. The Kier molecular flexibility index (Phi) is 8.75. The second-order valence-corrected chi connectivity index (χ2v) is 7.57. The van der Waals surface area contributed by atoms with Gasteiger partial charge in [0.25, 0.3) is 0 Å². The first kappa shape index (κ1) is 23.1. The van der Waals surface area contributed by atoms with Gasteiger partial charge in [-0.15, -0.1) is 24.0 Å². The topological polar surface area (TPSA) is 54.7 Å². The summed E-state index contributed by atoms with van der Waals surface area (Å²) in [6.45, 7) is 3.47. The van der Waals surface area contributed by atoms with Crippen molar-refractivity contribution >= 4 is 29.9 Å². The molecule has 3 aromatic rings. The van der Waals surface area contributed by atoms with Gasteiger partial charge in [-0.05, 0) is 23.3 Å². The second-order valence-electron chi connectivity index (χ2n) is 7.57. The molecule has 0 atom stereocenters. The third-order valence-corrected chi connectivity index (χ3v) is 5.37. The van der Waals surface area contributed by atoms with Gasteiger partial charge in [-0.2, -0.15) is 0 Å². The normalized spacial score (nSPS) is 14.7. The van der Waals surface area contributed by atoms with Crippen molar-refractivity contribution < 1.29 is 4.74 Å². The summed E-state index contributed by atoms with van der Waals surface area (Å²) >= 11 is 0. The van der Waals surface area contributed by atoms with Gasteiger partial charge in [-0.1, -0.05) is 42.5 Å². The van der Waals surface area contributed by atoms with Crippen molar-refractivity contribution in [1.29, 1.82) is 0 Å². The Hall–Kier alpha value is -2.55. The zero-order chi connectivity index (χ0) is 20.6. The van der Waals surface area contributed by atoms with E-state index in [2.05, 4.69) is 49.0 Å². The molecule has 0 spiro atoms.